The number of nitro groups is 1. The second-order valence-corrected chi connectivity index (χ2v) is 7.20. The van der Waals surface area contributed by atoms with Crippen molar-refractivity contribution in [2.24, 2.45) is 0 Å². The summed E-state index contributed by atoms with van der Waals surface area (Å²) in [5.74, 6) is -1.01. The van der Waals surface area contributed by atoms with Crippen LogP contribution in [-0.2, 0) is 13.1 Å². The molecule has 0 aliphatic carbocycles. The van der Waals surface area contributed by atoms with Gasteiger partial charge in [-0.2, -0.15) is 5.10 Å². The largest absolute Gasteiger partial charge is 0.502 e. The second-order valence-electron chi connectivity index (χ2n) is 7.20. The molecule has 8 heteroatoms. The third kappa shape index (κ3) is 4.65. The molecule has 0 fully saturated rings. The van der Waals surface area contributed by atoms with Gasteiger partial charge in [0.2, 0.25) is 0 Å². The fourth-order valence-electron chi connectivity index (χ4n) is 3.38. The summed E-state index contributed by atoms with van der Waals surface area (Å²) in [5, 5.41) is 28.2. The number of phenolic OH excluding ortho intramolecular Hbond substituents is 1. The van der Waals surface area contributed by atoms with Gasteiger partial charge in [-0.1, -0.05) is 60.7 Å². The Hall–Kier alpha value is -4.46. The van der Waals surface area contributed by atoms with E-state index in [1.54, 1.807) is 0 Å². The summed E-state index contributed by atoms with van der Waals surface area (Å²) in [7, 11) is 0. The van der Waals surface area contributed by atoms with Gasteiger partial charge < -0.3 is 10.4 Å². The quantitative estimate of drug-likeness (QED) is 0.339. The fourth-order valence-corrected chi connectivity index (χ4v) is 3.38. The molecule has 0 saturated carbocycles. The van der Waals surface area contributed by atoms with Crippen molar-refractivity contribution in [3.63, 3.8) is 0 Å². The average molecular weight is 428 g/mol. The Balaban J connectivity index is 1.56. The fraction of sp³-hybridized carbons (Fsp3) is 0.0833. The minimum Gasteiger partial charge on any atom is -0.502 e. The van der Waals surface area contributed by atoms with Crippen molar-refractivity contribution in [2.75, 3.05) is 0 Å². The highest BCUT2D eigenvalue weighted by molar-refractivity contribution is 5.95. The molecule has 8 nitrogen and oxygen atoms in total. The molecule has 160 valence electrons. The van der Waals surface area contributed by atoms with Crippen LogP contribution in [0.15, 0.2) is 85.1 Å². The number of nitro benzene ring substituents is 1. The van der Waals surface area contributed by atoms with Crippen molar-refractivity contribution in [1.82, 2.24) is 15.1 Å². The van der Waals surface area contributed by atoms with E-state index >= 15 is 0 Å². The van der Waals surface area contributed by atoms with Crippen molar-refractivity contribution in [3.05, 3.63) is 112 Å². The predicted octanol–water partition coefficient (Wildman–Crippen LogP) is 4.14. The summed E-state index contributed by atoms with van der Waals surface area (Å²) in [6.07, 6.45) is 1.89. The number of benzene rings is 3. The molecular weight excluding hydrogens is 408 g/mol. The van der Waals surface area contributed by atoms with Crippen LogP contribution in [0.4, 0.5) is 5.69 Å². The van der Waals surface area contributed by atoms with Gasteiger partial charge in [-0.05, 0) is 17.7 Å². The van der Waals surface area contributed by atoms with Gasteiger partial charge in [-0.25, -0.2) is 0 Å². The highest BCUT2D eigenvalue weighted by atomic mass is 16.6. The first-order valence-electron chi connectivity index (χ1n) is 9.92. The highest BCUT2D eigenvalue weighted by Crippen LogP contribution is 2.26. The van der Waals surface area contributed by atoms with Crippen molar-refractivity contribution >= 4 is 11.6 Å². The van der Waals surface area contributed by atoms with Crippen molar-refractivity contribution in [2.45, 2.75) is 13.1 Å². The molecule has 4 rings (SSSR count). The highest BCUT2D eigenvalue weighted by Gasteiger charge is 2.17. The minimum absolute atomic E-state index is 0.131. The van der Waals surface area contributed by atoms with E-state index in [4.69, 9.17) is 5.10 Å². The van der Waals surface area contributed by atoms with E-state index in [-0.39, 0.29) is 12.1 Å². The van der Waals surface area contributed by atoms with Gasteiger partial charge in [0.1, 0.15) is 0 Å². The third-order valence-corrected chi connectivity index (χ3v) is 4.95. The molecule has 1 aromatic heterocycles. The SMILES string of the molecule is O=C(NCc1cn(Cc2ccccc2)nc1-c1ccccc1)c1ccc([N+](=O)[O-])c(O)c1. The number of phenols is 1. The van der Waals surface area contributed by atoms with Gasteiger partial charge in [0.05, 0.1) is 17.2 Å². The zero-order valence-electron chi connectivity index (χ0n) is 17.0. The van der Waals surface area contributed by atoms with Crippen LogP contribution in [0.25, 0.3) is 11.3 Å². The Bertz CT molecular complexity index is 1250. The molecule has 0 saturated heterocycles. The number of rotatable bonds is 7. The maximum absolute atomic E-state index is 12.6. The number of carbonyl (C=O) groups excluding carboxylic acids is 1. The Labute approximate surface area is 183 Å². The Kier molecular flexibility index (Phi) is 5.94. The molecule has 0 unspecified atom stereocenters. The first-order valence-corrected chi connectivity index (χ1v) is 9.92. The number of nitrogens with zero attached hydrogens (tertiary/aromatic N) is 3. The van der Waals surface area contributed by atoms with Gasteiger partial charge in [-0.15, -0.1) is 0 Å². The molecule has 0 spiro atoms. The van der Waals surface area contributed by atoms with Crippen LogP contribution in [0.2, 0.25) is 0 Å². The molecule has 0 aliphatic rings. The van der Waals surface area contributed by atoms with Crippen molar-refractivity contribution in [1.29, 1.82) is 0 Å². The van der Waals surface area contributed by atoms with Crippen LogP contribution >= 0.6 is 0 Å². The zero-order valence-corrected chi connectivity index (χ0v) is 17.0. The van der Waals surface area contributed by atoms with Crippen LogP contribution in [-0.4, -0.2) is 25.7 Å². The molecule has 4 aromatic rings. The minimum atomic E-state index is -0.704. The molecule has 0 radical (unpaired) electrons. The van der Waals surface area contributed by atoms with Crippen molar-refractivity contribution in [3.8, 4) is 17.0 Å². The normalized spacial score (nSPS) is 10.6. The number of carbonyl (C=O) groups is 1. The van der Waals surface area contributed by atoms with Gasteiger partial charge in [0.25, 0.3) is 5.91 Å². The van der Waals surface area contributed by atoms with E-state index in [1.165, 1.54) is 6.07 Å². The summed E-state index contributed by atoms with van der Waals surface area (Å²) >= 11 is 0. The predicted molar refractivity (Wildman–Crippen MR) is 119 cm³/mol. The Morgan fingerprint density at radius 1 is 1.03 bits per heavy atom. The van der Waals surface area contributed by atoms with Crippen LogP contribution in [0.3, 0.4) is 0 Å². The summed E-state index contributed by atoms with van der Waals surface area (Å²) in [5.41, 5.74) is 3.30. The lowest BCUT2D eigenvalue weighted by atomic mass is 10.1. The lowest BCUT2D eigenvalue weighted by molar-refractivity contribution is -0.385. The number of hydrogen-bond acceptors (Lipinski definition) is 5. The first kappa shape index (κ1) is 20.8. The zero-order chi connectivity index (χ0) is 22.5. The van der Waals surface area contributed by atoms with E-state index in [1.807, 2.05) is 71.5 Å². The number of aromatic nitrogens is 2. The standard InChI is InChI=1S/C24H20N4O4/c29-22-13-19(11-12-21(22)28(31)32)24(30)25-14-20-16-27(15-17-7-3-1-4-8-17)26-23(20)18-9-5-2-6-10-18/h1-13,16,29H,14-15H2,(H,25,30). The van der Waals surface area contributed by atoms with Gasteiger partial charge in [-0.3, -0.25) is 19.6 Å². The molecule has 0 bridgehead atoms. The van der Waals surface area contributed by atoms with Crippen molar-refractivity contribution < 1.29 is 14.8 Å². The van der Waals surface area contributed by atoms with Gasteiger partial charge in [0, 0.05) is 35.5 Å². The van der Waals surface area contributed by atoms with E-state index in [0.717, 1.165) is 34.5 Å². The second kappa shape index (κ2) is 9.13. The smallest absolute Gasteiger partial charge is 0.310 e. The van der Waals surface area contributed by atoms with Gasteiger partial charge in [0.15, 0.2) is 5.75 Å². The number of amides is 1. The van der Waals surface area contributed by atoms with E-state index in [2.05, 4.69) is 5.32 Å². The van der Waals surface area contributed by atoms with Crippen LogP contribution in [0.5, 0.6) is 5.75 Å². The lowest BCUT2D eigenvalue weighted by Crippen LogP contribution is -2.22. The topological polar surface area (TPSA) is 110 Å². The van der Waals surface area contributed by atoms with E-state index in [9.17, 15) is 20.0 Å². The molecule has 32 heavy (non-hydrogen) atoms. The molecule has 3 aromatic carbocycles. The maximum Gasteiger partial charge on any atom is 0.310 e. The molecule has 1 amide bonds. The molecule has 0 aliphatic heterocycles. The Morgan fingerprint density at radius 2 is 1.72 bits per heavy atom. The molecule has 0 atom stereocenters. The molecule has 2 N–H and O–H groups in total. The summed E-state index contributed by atoms with van der Waals surface area (Å²) in [6.45, 7) is 0.792. The number of aromatic hydroxyl groups is 1. The Morgan fingerprint density at radius 3 is 2.38 bits per heavy atom. The lowest BCUT2D eigenvalue weighted by Gasteiger charge is -2.06. The summed E-state index contributed by atoms with van der Waals surface area (Å²) in [4.78, 5) is 22.7. The third-order valence-electron chi connectivity index (χ3n) is 4.95. The van der Waals surface area contributed by atoms with Crippen LogP contribution in [0, 0.1) is 10.1 Å². The molecular formula is C24H20N4O4. The summed E-state index contributed by atoms with van der Waals surface area (Å²) in [6, 6.07) is 23.1. The maximum atomic E-state index is 12.6. The average Bonchev–Trinajstić information content (AvgIpc) is 3.21. The van der Waals surface area contributed by atoms with Crippen LogP contribution < -0.4 is 5.32 Å². The summed E-state index contributed by atoms with van der Waals surface area (Å²) < 4.78 is 1.83. The van der Waals surface area contributed by atoms with E-state index in [0.29, 0.717) is 6.54 Å². The van der Waals surface area contributed by atoms with Crippen LogP contribution in [0.1, 0.15) is 21.5 Å². The molecule has 1 heterocycles. The van der Waals surface area contributed by atoms with E-state index < -0.39 is 22.3 Å². The first-order chi connectivity index (χ1) is 15.5. The monoisotopic (exact) mass is 428 g/mol. The number of nitrogens with one attached hydrogen (secondary N) is 1. The van der Waals surface area contributed by atoms with Gasteiger partial charge >= 0.3 is 5.69 Å². The number of hydrogen-bond donors (Lipinski definition) is 2.